The van der Waals surface area contributed by atoms with Crippen LogP contribution in [0.15, 0.2) is 30.5 Å². The maximum atomic E-state index is 13.1. The Balaban J connectivity index is 2.27. The Labute approximate surface area is 212 Å². The predicted molar refractivity (Wildman–Crippen MR) is 132 cm³/mol. The van der Waals surface area contributed by atoms with Crippen LogP contribution in [0.1, 0.15) is 32.3 Å². The van der Waals surface area contributed by atoms with E-state index in [2.05, 4.69) is 20.9 Å². The summed E-state index contributed by atoms with van der Waals surface area (Å²) in [6.45, 7) is 2.65. The summed E-state index contributed by atoms with van der Waals surface area (Å²) in [7, 11) is 0. The molecule has 0 saturated heterocycles. The Morgan fingerprint density at radius 1 is 0.919 bits per heavy atom. The fourth-order valence-corrected chi connectivity index (χ4v) is 3.56. The van der Waals surface area contributed by atoms with Crippen LogP contribution < -0.4 is 21.7 Å². The summed E-state index contributed by atoms with van der Waals surface area (Å²) in [5.74, 6) is -5.33. The van der Waals surface area contributed by atoms with Crippen molar-refractivity contribution >= 4 is 40.6 Å². The predicted octanol–water partition coefficient (Wildman–Crippen LogP) is -0.910. The lowest BCUT2D eigenvalue weighted by Crippen LogP contribution is -2.59. The number of aliphatic hydroxyl groups is 1. The molecule has 2 aromatic rings. The highest BCUT2D eigenvalue weighted by atomic mass is 16.4. The van der Waals surface area contributed by atoms with E-state index in [1.165, 1.54) is 0 Å². The summed E-state index contributed by atoms with van der Waals surface area (Å²) >= 11 is 0. The lowest BCUT2D eigenvalue weighted by Gasteiger charge is -2.25. The van der Waals surface area contributed by atoms with Crippen molar-refractivity contribution in [3.05, 3.63) is 36.0 Å². The van der Waals surface area contributed by atoms with Gasteiger partial charge in [-0.3, -0.25) is 19.2 Å². The van der Waals surface area contributed by atoms with E-state index in [0.717, 1.165) is 10.9 Å². The van der Waals surface area contributed by atoms with Crippen molar-refractivity contribution < 1.29 is 39.3 Å². The van der Waals surface area contributed by atoms with E-state index in [1.54, 1.807) is 32.2 Å². The lowest BCUT2D eigenvalue weighted by molar-refractivity contribution is -0.143. The van der Waals surface area contributed by atoms with Crippen molar-refractivity contribution in [1.82, 2.24) is 20.9 Å². The second-order valence-corrected chi connectivity index (χ2v) is 8.97. The highest BCUT2D eigenvalue weighted by Crippen LogP contribution is 2.19. The van der Waals surface area contributed by atoms with E-state index >= 15 is 0 Å². The van der Waals surface area contributed by atoms with Crippen LogP contribution >= 0.6 is 0 Å². The molecule has 9 N–H and O–H groups in total. The van der Waals surface area contributed by atoms with Crippen molar-refractivity contribution in [2.24, 2.45) is 11.7 Å². The molecule has 1 aromatic heterocycles. The maximum Gasteiger partial charge on any atom is 0.326 e. The number of fused-ring (bicyclic) bond motifs is 1. The van der Waals surface area contributed by atoms with Crippen LogP contribution in [0.5, 0.6) is 0 Å². The molecule has 37 heavy (non-hydrogen) atoms. The molecule has 0 aliphatic heterocycles. The van der Waals surface area contributed by atoms with Gasteiger partial charge in [-0.15, -0.1) is 0 Å². The summed E-state index contributed by atoms with van der Waals surface area (Å²) in [4.78, 5) is 63.9. The third kappa shape index (κ3) is 8.29. The molecule has 2 rings (SSSR count). The Morgan fingerprint density at radius 3 is 2.11 bits per heavy atom. The quantitative estimate of drug-likeness (QED) is 0.154. The summed E-state index contributed by atoms with van der Waals surface area (Å²) in [6.07, 6.45) is 0.714. The Hall–Kier alpha value is -3.97. The zero-order chi connectivity index (χ0) is 27.7. The van der Waals surface area contributed by atoms with Gasteiger partial charge in [0.25, 0.3) is 0 Å². The van der Waals surface area contributed by atoms with Crippen LogP contribution in [0.3, 0.4) is 0 Å². The van der Waals surface area contributed by atoms with Gasteiger partial charge in [-0.2, -0.15) is 0 Å². The number of aromatic amines is 1. The molecule has 4 atom stereocenters. The molecule has 1 heterocycles. The van der Waals surface area contributed by atoms with Crippen LogP contribution in [0.25, 0.3) is 10.9 Å². The molecule has 0 fully saturated rings. The van der Waals surface area contributed by atoms with Gasteiger partial charge in [-0.05, 0) is 24.0 Å². The van der Waals surface area contributed by atoms with Gasteiger partial charge >= 0.3 is 11.9 Å². The molecule has 1 aromatic carbocycles. The highest BCUT2D eigenvalue weighted by Gasteiger charge is 2.31. The van der Waals surface area contributed by atoms with E-state index in [1.807, 2.05) is 12.1 Å². The smallest absolute Gasteiger partial charge is 0.326 e. The van der Waals surface area contributed by atoms with Gasteiger partial charge in [-0.25, -0.2) is 4.79 Å². The van der Waals surface area contributed by atoms with Crippen molar-refractivity contribution in [1.29, 1.82) is 0 Å². The Bertz CT molecular complexity index is 1130. The monoisotopic (exact) mass is 519 g/mol. The number of carbonyl (C=O) groups excluding carboxylic acids is 3. The lowest BCUT2D eigenvalue weighted by atomic mass is 10.0. The molecule has 0 spiro atoms. The minimum absolute atomic E-state index is 0.0650. The number of para-hydroxylation sites is 1. The standard InChI is InChI=1S/C24H33N5O8/c1-12(2)20(25)23(35)29-18(11-30)22(34)28-17(9-13-10-26-15-6-4-3-5-14(13)15)21(33)27-16(24(36)37)7-8-19(31)32/h3-6,10,12,16-18,20,26,30H,7-9,11,25H2,1-2H3,(H,27,33)(H,28,34)(H,29,35)(H,31,32)(H,36,37). The molecule has 202 valence electrons. The number of carboxylic acids is 2. The maximum absolute atomic E-state index is 13.1. The number of aliphatic hydroxyl groups excluding tert-OH is 1. The van der Waals surface area contributed by atoms with Crippen molar-refractivity contribution in [2.45, 2.75) is 57.3 Å². The third-order valence-electron chi connectivity index (χ3n) is 5.83. The Kier molecular flexibility index (Phi) is 10.6. The number of hydrogen-bond donors (Lipinski definition) is 8. The van der Waals surface area contributed by atoms with E-state index in [0.29, 0.717) is 5.56 Å². The molecular weight excluding hydrogens is 486 g/mol. The number of aromatic nitrogens is 1. The van der Waals surface area contributed by atoms with Crippen LogP contribution in [0.4, 0.5) is 0 Å². The van der Waals surface area contributed by atoms with Gasteiger partial charge in [0.15, 0.2) is 0 Å². The number of carboxylic acid groups (broad SMARTS) is 2. The molecule has 0 aliphatic rings. The number of hydrogen-bond acceptors (Lipinski definition) is 7. The van der Waals surface area contributed by atoms with Crippen molar-refractivity contribution in [2.75, 3.05) is 6.61 Å². The molecule has 0 saturated carbocycles. The average Bonchev–Trinajstić information content (AvgIpc) is 3.26. The number of nitrogens with two attached hydrogens (primary N) is 1. The van der Waals surface area contributed by atoms with Gasteiger partial charge in [0.1, 0.15) is 18.1 Å². The number of H-pyrrole nitrogens is 1. The third-order valence-corrected chi connectivity index (χ3v) is 5.83. The largest absolute Gasteiger partial charge is 0.481 e. The van der Waals surface area contributed by atoms with Crippen LogP contribution in [-0.4, -0.2) is 80.7 Å². The second kappa shape index (κ2) is 13.4. The first-order valence-corrected chi connectivity index (χ1v) is 11.7. The van der Waals surface area contributed by atoms with E-state index in [4.69, 9.17) is 10.8 Å². The van der Waals surface area contributed by atoms with Crippen molar-refractivity contribution in [3.8, 4) is 0 Å². The average molecular weight is 520 g/mol. The molecular formula is C24H33N5O8. The number of carbonyl (C=O) groups is 5. The van der Waals surface area contributed by atoms with Gasteiger partial charge < -0.3 is 42.0 Å². The number of aliphatic carboxylic acids is 2. The van der Waals surface area contributed by atoms with Gasteiger partial charge in [-0.1, -0.05) is 32.0 Å². The van der Waals surface area contributed by atoms with Gasteiger partial charge in [0.05, 0.1) is 12.6 Å². The first-order valence-electron chi connectivity index (χ1n) is 11.7. The molecule has 4 unspecified atom stereocenters. The summed E-state index contributed by atoms with van der Waals surface area (Å²) < 4.78 is 0. The normalized spacial score (nSPS) is 14.4. The first kappa shape index (κ1) is 29.3. The van der Waals surface area contributed by atoms with Crippen molar-refractivity contribution in [3.63, 3.8) is 0 Å². The SMILES string of the molecule is CC(C)C(N)C(=O)NC(CO)C(=O)NC(Cc1c[nH]c2ccccc12)C(=O)NC(CCC(=O)O)C(=O)O. The van der Waals surface area contributed by atoms with Gasteiger partial charge in [0.2, 0.25) is 17.7 Å². The molecule has 0 aliphatic carbocycles. The van der Waals surface area contributed by atoms with Crippen LogP contribution in [0.2, 0.25) is 0 Å². The van der Waals surface area contributed by atoms with E-state index < -0.39 is 66.9 Å². The minimum Gasteiger partial charge on any atom is -0.481 e. The summed E-state index contributed by atoms with van der Waals surface area (Å²) in [5.41, 5.74) is 7.21. The number of nitrogens with one attached hydrogen (secondary N) is 4. The van der Waals surface area contributed by atoms with Gasteiger partial charge in [0, 0.05) is 29.9 Å². The van der Waals surface area contributed by atoms with E-state index in [9.17, 15) is 34.2 Å². The zero-order valence-corrected chi connectivity index (χ0v) is 20.6. The molecule has 13 nitrogen and oxygen atoms in total. The Morgan fingerprint density at radius 2 is 1.51 bits per heavy atom. The molecule has 3 amide bonds. The summed E-state index contributed by atoms with van der Waals surface area (Å²) in [5, 5.41) is 35.9. The molecule has 0 radical (unpaired) electrons. The summed E-state index contributed by atoms with van der Waals surface area (Å²) in [6, 6.07) is 2.03. The topological polar surface area (TPSA) is 224 Å². The van der Waals surface area contributed by atoms with Crippen LogP contribution in [-0.2, 0) is 30.4 Å². The minimum atomic E-state index is -1.51. The van der Waals surface area contributed by atoms with Crippen LogP contribution in [0, 0.1) is 5.92 Å². The first-order chi connectivity index (χ1) is 17.4. The fraction of sp³-hybridized carbons (Fsp3) is 0.458. The number of rotatable bonds is 14. The second-order valence-electron chi connectivity index (χ2n) is 8.97. The number of amides is 3. The molecule has 0 bridgehead atoms. The zero-order valence-electron chi connectivity index (χ0n) is 20.6. The number of benzene rings is 1. The molecule has 13 heteroatoms. The fourth-order valence-electron chi connectivity index (χ4n) is 3.56. The van der Waals surface area contributed by atoms with E-state index in [-0.39, 0.29) is 18.8 Å². The highest BCUT2D eigenvalue weighted by molar-refractivity contribution is 5.95.